The van der Waals surface area contributed by atoms with Gasteiger partial charge in [0.25, 0.3) is 0 Å². The molecule has 0 spiro atoms. The molecule has 1 aliphatic heterocycles. The second kappa shape index (κ2) is 4.57. The molecule has 0 aromatic carbocycles. The van der Waals surface area contributed by atoms with E-state index < -0.39 is 15.6 Å². The fourth-order valence-electron chi connectivity index (χ4n) is 1.37. The zero-order valence-corrected chi connectivity index (χ0v) is 9.39. The molecule has 1 aliphatic rings. The largest absolute Gasteiger partial charge is 0.384 e. The normalized spacial score (nSPS) is 28.1. The van der Waals surface area contributed by atoms with Crippen LogP contribution in [0.15, 0.2) is 0 Å². The van der Waals surface area contributed by atoms with E-state index in [1.807, 2.05) is 6.92 Å². The molecule has 0 aliphatic carbocycles. The summed E-state index contributed by atoms with van der Waals surface area (Å²) in [7, 11) is -1.76. The average molecular weight is 223 g/mol. The molecule has 0 radical (unpaired) electrons. The molecule has 0 saturated carbocycles. The second-order valence-electron chi connectivity index (χ2n) is 3.78. The maximum absolute atomic E-state index is 11.5. The van der Waals surface area contributed by atoms with Crippen molar-refractivity contribution in [3.05, 3.63) is 0 Å². The van der Waals surface area contributed by atoms with Crippen molar-refractivity contribution in [1.29, 1.82) is 0 Å². The first kappa shape index (κ1) is 11.9. The zero-order valence-electron chi connectivity index (χ0n) is 8.58. The van der Waals surface area contributed by atoms with Gasteiger partial charge in [-0.1, -0.05) is 0 Å². The Kier molecular flexibility index (Phi) is 3.88. The smallest absolute Gasteiger partial charge is 0.214 e. The van der Waals surface area contributed by atoms with E-state index in [4.69, 9.17) is 9.47 Å². The molecular formula is C8H17NO4S. The fraction of sp³-hybridized carbons (Fsp3) is 1.00. The van der Waals surface area contributed by atoms with Gasteiger partial charge in [0.2, 0.25) is 10.0 Å². The van der Waals surface area contributed by atoms with E-state index in [2.05, 4.69) is 4.72 Å². The van der Waals surface area contributed by atoms with Crippen molar-refractivity contribution in [3.63, 3.8) is 0 Å². The van der Waals surface area contributed by atoms with Gasteiger partial charge in [-0.2, -0.15) is 0 Å². The minimum absolute atomic E-state index is 0.000903. The molecule has 0 aromatic heterocycles. The van der Waals surface area contributed by atoms with E-state index in [1.54, 1.807) is 0 Å². The molecule has 84 valence electrons. The molecule has 1 heterocycles. The molecule has 1 fully saturated rings. The highest BCUT2D eigenvalue weighted by molar-refractivity contribution is 7.89. The first-order valence-corrected chi connectivity index (χ1v) is 6.21. The van der Waals surface area contributed by atoms with Crippen LogP contribution in [0.3, 0.4) is 0 Å². The molecule has 1 saturated heterocycles. The molecule has 14 heavy (non-hydrogen) atoms. The molecule has 1 N–H and O–H groups in total. The van der Waals surface area contributed by atoms with Crippen molar-refractivity contribution < 1.29 is 17.9 Å². The van der Waals surface area contributed by atoms with Crippen molar-refractivity contribution in [2.24, 2.45) is 0 Å². The molecule has 1 atom stereocenters. The molecule has 0 bridgehead atoms. The van der Waals surface area contributed by atoms with Gasteiger partial charge >= 0.3 is 0 Å². The highest BCUT2D eigenvalue weighted by atomic mass is 32.2. The summed E-state index contributed by atoms with van der Waals surface area (Å²) in [5, 5.41) is 0. The van der Waals surface area contributed by atoms with Crippen LogP contribution in [-0.2, 0) is 19.5 Å². The molecule has 1 unspecified atom stereocenters. The lowest BCUT2D eigenvalue weighted by Gasteiger charge is -2.22. The lowest BCUT2D eigenvalue weighted by molar-refractivity contribution is 0.178. The monoisotopic (exact) mass is 223 g/mol. The van der Waals surface area contributed by atoms with E-state index >= 15 is 0 Å². The van der Waals surface area contributed by atoms with E-state index in [1.165, 1.54) is 7.11 Å². The lowest BCUT2D eigenvalue weighted by atomic mass is 10.0. The van der Waals surface area contributed by atoms with Crippen LogP contribution >= 0.6 is 0 Å². The van der Waals surface area contributed by atoms with Crippen molar-refractivity contribution in [3.8, 4) is 0 Å². The average Bonchev–Trinajstić information content (AvgIpc) is 2.47. The van der Waals surface area contributed by atoms with Crippen molar-refractivity contribution in [2.45, 2.75) is 18.9 Å². The molecule has 1 rings (SSSR count). The Morgan fingerprint density at radius 3 is 2.79 bits per heavy atom. The minimum Gasteiger partial charge on any atom is -0.384 e. The Balaban J connectivity index is 2.49. The summed E-state index contributed by atoms with van der Waals surface area (Å²) in [4.78, 5) is 0. The van der Waals surface area contributed by atoms with Crippen LogP contribution in [0.5, 0.6) is 0 Å². The van der Waals surface area contributed by atoms with Gasteiger partial charge in [-0.3, -0.25) is 0 Å². The van der Waals surface area contributed by atoms with Crippen LogP contribution in [0.25, 0.3) is 0 Å². The third-order valence-corrected chi connectivity index (χ3v) is 3.68. The van der Waals surface area contributed by atoms with Crippen LogP contribution < -0.4 is 4.72 Å². The van der Waals surface area contributed by atoms with Gasteiger partial charge in [-0.05, 0) is 13.3 Å². The molecule has 5 nitrogen and oxygen atoms in total. The molecule has 0 aromatic rings. The van der Waals surface area contributed by atoms with Crippen molar-refractivity contribution >= 4 is 10.0 Å². The van der Waals surface area contributed by atoms with Gasteiger partial charge in [-0.15, -0.1) is 0 Å². The summed E-state index contributed by atoms with van der Waals surface area (Å²) >= 11 is 0. The SMILES string of the molecule is COCCS(=O)(=O)NC1(C)CCOC1. The quantitative estimate of drug-likeness (QED) is 0.697. The lowest BCUT2D eigenvalue weighted by Crippen LogP contribution is -2.47. The van der Waals surface area contributed by atoms with Gasteiger partial charge < -0.3 is 9.47 Å². The summed E-state index contributed by atoms with van der Waals surface area (Å²) in [5.41, 5.74) is -0.438. The summed E-state index contributed by atoms with van der Waals surface area (Å²) in [6.45, 7) is 3.12. The summed E-state index contributed by atoms with van der Waals surface area (Å²) in [5.74, 6) is -0.000903. The van der Waals surface area contributed by atoms with Crippen molar-refractivity contribution in [2.75, 3.05) is 32.7 Å². The number of nitrogens with one attached hydrogen (secondary N) is 1. The highest BCUT2D eigenvalue weighted by Gasteiger charge is 2.33. The Morgan fingerprint density at radius 1 is 1.57 bits per heavy atom. The van der Waals surface area contributed by atoms with E-state index in [-0.39, 0.29) is 12.4 Å². The number of hydrogen-bond acceptors (Lipinski definition) is 4. The van der Waals surface area contributed by atoms with Crippen LogP contribution in [0, 0.1) is 0 Å². The van der Waals surface area contributed by atoms with Gasteiger partial charge in [0, 0.05) is 13.7 Å². The Morgan fingerprint density at radius 2 is 2.29 bits per heavy atom. The van der Waals surface area contributed by atoms with E-state index in [0.717, 1.165) is 6.42 Å². The Labute approximate surface area is 84.8 Å². The van der Waals surface area contributed by atoms with Crippen LogP contribution in [-0.4, -0.2) is 46.6 Å². The fourth-order valence-corrected chi connectivity index (χ4v) is 2.77. The Hall–Kier alpha value is -0.170. The zero-order chi connectivity index (χ0) is 10.7. The third kappa shape index (κ3) is 3.53. The second-order valence-corrected chi connectivity index (χ2v) is 5.62. The summed E-state index contributed by atoms with van der Waals surface area (Å²) in [6.07, 6.45) is 0.721. The molecular weight excluding hydrogens is 206 g/mol. The number of rotatable bonds is 5. The minimum atomic E-state index is -3.24. The third-order valence-electron chi connectivity index (χ3n) is 2.18. The van der Waals surface area contributed by atoms with Crippen LogP contribution in [0.2, 0.25) is 0 Å². The topological polar surface area (TPSA) is 64.6 Å². The van der Waals surface area contributed by atoms with Gasteiger partial charge in [0.1, 0.15) is 0 Å². The van der Waals surface area contributed by atoms with Gasteiger partial charge in [0.15, 0.2) is 0 Å². The summed E-state index contributed by atoms with van der Waals surface area (Å²) < 4.78 is 35.5. The van der Waals surface area contributed by atoms with Gasteiger partial charge in [0.05, 0.1) is 24.5 Å². The number of methoxy groups -OCH3 is 1. The van der Waals surface area contributed by atoms with Gasteiger partial charge in [-0.25, -0.2) is 13.1 Å². The summed E-state index contributed by atoms with van der Waals surface area (Å²) in [6, 6.07) is 0. The first-order valence-electron chi connectivity index (χ1n) is 4.56. The van der Waals surface area contributed by atoms with Crippen LogP contribution in [0.4, 0.5) is 0 Å². The number of ether oxygens (including phenoxy) is 2. The maximum Gasteiger partial charge on any atom is 0.214 e. The highest BCUT2D eigenvalue weighted by Crippen LogP contribution is 2.18. The molecule has 6 heteroatoms. The standard InChI is InChI=1S/C8H17NO4S/c1-8(3-4-13-7-8)9-14(10,11)6-5-12-2/h9H,3-7H2,1-2H3. The van der Waals surface area contributed by atoms with E-state index in [0.29, 0.717) is 13.2 Å². The predicted octanol–water partition coefficient (Wildman–Crippen LogP) is -0.269. The Bertz CT molecular complexity index is 269. The van der Waals surface area contributed by atoms with Crippen molar-refractivity contribution in [1.82, 2.24) is 4.72 Å². The van der Waals surface area contributed by atoms with E-state index in [9.17, 15) is 8.42 Å². The molecule has 0 amide bonds. The predicted molar refractivity (Wildman–Crippen MR) is 52.6 cm³/mol. The van der Waals surface area contributed by atoms with Crippen LogP contribution in [0.1, 0.15) is 13.3 Å². The first-order chi connectivity index (χ1) is 6.47. The number of sulfonamides is 1. The number of hydrogen-bond donors (Lipinski definition) is 1. The maximum atomic E-state index is 11.5.